The van der Waals surface area contributed by atoms with Crippen molar-refractivity contribution in [2.75, 3.05) is 12.3 Å². The van der Waals surface area contributed by atoms with Crippen LogP contribution in [0.2, 0.25) is 0 Å². The van der Waals surface area contributed by atoms with Gasteiger partial charge < -0.3 is 9.87 Å². The van der Waals surface area contributed by atoms with E-state index in [1.165, 1.54) is 38.5 Å². The van der Waals surface area contributed by atoms with Crippen LogP contribution in [0.5, 0.6) is 0 Å². The van der Waals surface area contributed by atoms with Crippen LogP contribution in [0.4, 0.5) is 0 Å². The molecule has 0 aromatic rings. The zero-order valence-corrected chi connectivity index (χ0v) is 17.2. The van der Waals surface area contributed by atoms with E-state index in [4.69, 9.17) is 0 Å². The first kappa shape index (κ1) is 24.6. The van der Waals surface area contributed by atoms with E-state index >= 15 is 0 Å². The van der Waals surface area contributed by atoms with Gasteiger partial charge in [-0.15, -0.1) is 0 Å². The molecule has 7 heteroatoms. The van der Waals surface area contributed by atoms with Crippen LogP contribution >= 0.6 is 0 Å². The van der Waals surface area contributed by atoms with Crippen molar-refractivity contribution < 1.29 is 47.3 Å². The molecule has 1 unspecified atom stereocenters. The molecule has 0 rings (SSSR count). The van der Waals surface area contributed by atoms with Gasteiger partial charge in [0.15, 0.2) is 0 Å². The molecule has 0 heterocycles. The number of amides is 1. The number of unbranched alkanes of at least 4 members (excludes halogenated alkanes) is 7. The van der Waals surface area contributed by atoms with Gasteiger partial charge in [-0.05, 0) is 6.42 Å². The first-order valence-electron chi connectivity index (χ1n) is 8.08. The predicted molar refractivity (Wildman–Crippen MR) is 84.0 cm³/mol. The van der Waals surface area contributed by atoms with E-state index in [2.05, 4.69) is 12.2 Å². The molecule has 0 fully saturated rings. The van der Waals surface area contributed by atoms with Crippen LogP contribution in [0.15, 0.2) is 0 Å². The molecule has 5 nitrogen and oxygen atoms in total. The number of hydrogen-bond donors (Lipinski definition) is 1. The van der Waals surface area contributed by atoms with Crippen molar-refractivity contribution >= 4 is 16.0 Å². The third-order valence-corrected chi connectivity index (χ3v) is 4.29. The van der Waals surface area contributed by atoms with Gasteiger partial charge in [-0.3, -0.25) is 4.79 Å². The van der Waals surface area contributed by atoms with Crippen molar-refractivity contribution in [1.29, 1.82) is 0 Å². The second-order valence-corrected chi connectivity index (χ2v) is 7.24. The molecule has 1 N–H and O–H groups in total. The first-order chi connectivity index (χ1) is 9.87. The Labute approximate surface area is 158 Å². The van der Waals surface area contributed by atoms with Crippen molar-refractivity contribution in [2.45, 2.75) is 71.6 Å². The fourth-order valence-corrected chi connectivity index (χ4v) is 2.54. The zero-order valence-electron chi connectivity index (χ0n) is 14.4. The molecule has 0 spiro atoms. The molecular formula is C15H30NNaO4S. The second kappa shape index (κ2) is 14.9. The Balaban J connectivity index is 0. The van der Waals surface area contributed by atoms with E-state index in [1.54, 1.807) is 0 Å². The number of nitrogens with one attached hydrogen (secondary N) is 1. The Kier molecular flexibility index (Phi) is 16.7. The number of rotatable bonds is 13. The van der Waals surface area contributed by atoms with Crippen molar-refractivity contribution in [2.24, 2.45) is 5.92 Å². The minimum Gasteiger partial charge on any atom is -0.748 e. The van der Waals surface area contributed by atoms with E-state index < -0.39 is 15.9 Å². The molecule has 0 saturated heterocycles. The summed E-state index contributed by atoms with van der Waals surface area (Å²) in [5.41, 5.74) is 0. The minimum atomic E-state index is -4.24. The average Bonchev–Trinajstić information content (AvgIpc) is 2.40. The van der Waals surface area contributed by atoms with Crippen molar-refractivity contribution in [3.8, 4) is 0 Å². The quantitative estimate of drug-likeness (QED) is 0.285. The van der Waals surface area contributed by atoms with Crippen LogP contribution < -0.4 is 34.9 Å². The SMILES string of the molecule is CCCCCCCCCCC(C)C(=O)NCCS(=O)(=O)[O-].[Na+]. The Morgan fingerprint density at radius 3 is 2.05 bits per heavy atom. The summed E-state index contributed by atoms with van der Waals surface area (Å²) in [5.74, 6) is -0.829. The Bertz CT molecular complexity index is 374. The summed E-state index contributed by atoms with van der Waals surface area (Å²) in [6.45, 7) is 3.95. The summed E-state index contributed by atoms with van der Waals surface area (Å²) in [7, 11) is -4.24. The maximum atomic E-state index is 11.7. The van der Waals surface area contributed by atoms with Gasteiger partial charge in [0, 0.05) is 12.5 Å². The number of carbonyl (C=O) groups excluding carboxylic acids is 1. The minimum absolute atomic E-state index is 0. The van der Waals surface area contributed by atoms with Gasteiger partial charge in [-0.2, -0.15) is 0 Å². The summed E-state index contributed by atoms with van der Waals surface area (Å²) in [4.78, 5) is 11.7. The van der Waals surface area contributed by atoms with Crippen LogP contribution in [0.25, 0.3) is 0 Å². The Morgan fingerprint density at radius 2 is 1.55 bits per heavy atom. The van der Waals surface area contributed by atoms with Gasteiger partial charge in [0.25, 0.3) is 0 Å². The maximum Gasteiger partial charge on any atom is 1.00 e. The average molecular weight is 343 g/mol. The van der Waals surface area contributed by atoms with Gasteiger partial charge in [0.1, 0.15) is 0 Å². The summed E-state index contributed by atoms with van der Waals surface area (Å²) in [6.07, 6.45) is 10.6. The van der Waals surface area contributed by atoms with E-state index in [0.29, 0.717) is 0 Å². The molecule has 0 radical (unpaired) electrons. The summed E-state index contributed by atoms with van der Waals surface area (Å²) in [6, 6.07) is 0. The molecule has 0 bridgehead atoms. The van der Waals surface area contributed by atoms with Crippen LogP contribution in [0.1, 0.15) is 71.6 Å². The Hall–Kier alpha value is 0.380. The second-order valence-electron chi connectivity index (χ2n) is 5.72. The van der Waals surface area contributed by atoms with Gasteiger partial charge in [0.2, 0.25) is 5.91 Å². The fraction of sp³-hybridized carbons (Fsp3) is 0.933. The largest absolute Gasteiger partial charge is 1.00 e. The van der Waals surface area contributed by atoms with Crippen LogP contribution in [-0.2, 0) is 14.9 Å². The van der Waals surface area contributed by atoms with Gasteiger partial charge in [-0.1, -0.05) is 65.2 Å². The molecule has 0 aromatic carbocycles. The topological polar surface area (TPSA) is 86.3 Å². The number of hydrogen-bond acceptors (Lipinski definition) is 4. The molecular weight excluding hydrogens is 313 g/mol. The van der Waals surface area contributed by atoms with E-state index in [-0.39, 0.29) is 47.9 Å². The standard InChI is InChI=1S/C15H31NO4S.Na/c1-3-4-5-6-7-8-9-10-11-14(2)15(17)16-12-13-21(18,19)20;/h14H,3-13H2,1-2H3,(H,16,17)(H,18,19,20);/q;+1/p-1. The first-order valence-corrected chi connectivity index (χ1v) is 9.66. The molecule has 1 atom stereocenters. The van der Waals surface area contributed by atoms with Crippen molar-refractivity contribution in [3.63, 3.8) is 0 Å². The molecule has 0 saturated carbocycles. The molecule has 126 valence electrons. The van der Waals surface area contributed by atoms with Crippen LogP contribution in [0, 0.1) is 5.92 Å². The van der Waals surface area contributed by atoms with Gasteiger partial charge in [0.05, 0.1) is 15.9 Å². The van der Waals surface area contributed by atoms with Gasteiger partial charge in [-0.25, -0.2) is 8.42 Å². The zero-order chi connectivity index (χ0) is 16.1. The van der Waals surface area contributed by atoms with Gasteiger partial charge >= 0.3 is 29.6 Å². The molecule has 0 aliphatic heterocycles. The van der Waals surface area contributed by atoms with E-state index in [9.17, 15) is 17.8 Å². The fourth-order valence-electron chi connectivity index (χ4n) is 2.19. The molecule has 22 heavy (non-hydrogen) atoms. The maximum absolute atomic E-state index is 11.7. The monoisotopic (exact) mass is 343 g/mol. The van der Waals surface area contributed by atoms with Crippen LogP contribution in [0.3, 0.4) is 0 Å². The van der Waals surface area contributed by atoms with Crippen LogP contribution in [-0.4, -0.2) is 31.2 Å². The van der Waals surface area contributed by atoms with Crippen molar-refractivity contribution in [1.82, 2.24) is 5.32 Å². The molecule has 1 amide bonds. The molecule has 0 aliphatic carbocycles. The normalized spacial score (nSPS) is 12.5. The van der Waals surface area contributed by atoms with Crippen molar-refractivity contribution in [3.05, 3.63) is 0 Å². The smallest absolute Gasteiger partial charge is 0.748 e. The van der Waals surface area contributed by atoms with E-state index in [0.717, 1.165) is 19.3 Å². The van der Waals surface area contributed by atoms with E-state index in [1.807, 2.05) is 6.92 Å². The Morgan fingerprint density at radius 1 is 1.05 bits per heavy atom. The third-order valence-electron chi connectivity index (χ3n) is 3.59. The summed E-state index contributed by atoms with van der Waals surface area (Å²) in [5, 5.41) is 2.50. The summed E-state index contributed by atoms with van der Waals surface area (Å²) >= 11 is 0. The molecule has 0 aliphatic rings. The third kappa shape index (κ3) is 16.7. The number of carbonyl (C=O) groups is 1. The predicted octanol–water partition coefficient (Wildman–Crippen LogP) is -0.181. The summed E-state index contributed by atoms with van der Waals surface area (Å²) < 4.78 is 31.2. The molecule has 0 aromatic heterocycles.